The van der Waals surface area contributed by atoms with Crippen molar-refractivity contribution in [2.45, 2.75) is 58.0 Å². The molecular formula is C26H31N3O3S. The van der Waals surface area contributed by atoms with Crippen LogP contribution in [0.5, 0.6) is 0 Å². The molecule has 2 unspecified atom stereocenters. The molecule has 0 radical (unpaired) electrons. The standard InChI is InChI=1S/C26H31N3O3S/c1-17(2)29-16-27-24-12-11-23(28-33(4,31)32)22(25(24)26(29)30)15-19-8-6-10-21(14-19)20-9-5-7-18(3)13-20/h5-10,13-14,16-17,22-23,28H,11-12,15H2,1-4H3. The van der Waals surface area contributed by atoms with Crippen LogP contribution in [0.15, 0.2) is 59.7 Å². The van der Waals surface area contributed by atoms with Crippen molar-refractivity contribution in [2.75, 3.05) is 6.26 Å². The van der Waals surface area contributed by atoms with Crippen LogP contribution in [-0.4, -0.2) is 30.3 Å². The molecule has 174 valence electrons. The van der Waals surface area contributed by atoms with Crippen LogP contribution in [0.1, 0.15) is 54.6 Å². The average Bonchev–Trinajstić information content (AvgIpc) is 2.74. The van der Waals surface area contributed by atoms with E-state index in [1.807, 2.05) is 32.0 Å². The Balaban J connectivity index is 1.78. The lowest BCUT2D eigenvalue weighted by Gasteiger charge is -2.33. The van der Waals surface area contributed by atoms with Gasteiger partial charge in [-0.05, 0) is 56.7 Å². The fraction of sp³-hybridized carbons (Fsp3) is 0.385. The molecule has 3 aromatic rings. The van der Waals surface area contributed by atoms with E-state index in [0.29, 0.717) is 24.8 Å². The summed E-state index contributed by atoms with van der Waals surface area (Å²) in [6.45, 7) is 5.97. The highest BCUT2D eigenvalue weighted by Crippen LogP contribution is 2.33. The van der Waals surface area contributed by atoms with Crippen molar-refractivity contribution < 1.29 is 8.42 Å². The van der Waals surface area contributed by atoms with Crippen LogP contribution in [0.25, 0.3) is 11.1 Å². The van der Waals surface area contributed by atoms with E-state index in [4.69, 9.17) is 0 Å². The van der Waals surface area contributed by atoms with Crippen molar-refractivity contribution in [1.29, 1.82) is 0 Å². The van der Waals surface area contributed by atoms with Gasteiger partial charge < -0.3 is 0 Å². The van der Waals surface area contributed by atoms with Gasteiger partial charge in [-0.25, -0.2) is 18.1 Å². The molecule has 4 rings (SSSR count). The van der Waals surface area contributed by atoms with E-state index < -0.39 is 10.0 Å². The predicted octanol–water partition coefficient (Wildman–Crippen LogP) is 3.99. The molecule has 7 heteroatoms. The number of nitrogens with zero attached hydrogens (tertiary/aromatic N) is 2. The molecule has 1 heterocycles. The summed E-state index contributed by atoms with van der Waals surface area (Å²) < 4.78 is 28.7. The Kier molecular flexibility index (Phi) is 6.54. The minimum atomic E-state index is -3.43. The Hall–Kier alpha value is -2.77. The number of nitrogens with one attached hydrogen (secondary N) is 1. The van der Waals surface area contributed by atoms with Crippen molar-refractivity contribution in [3.63, 3.8) is 0 Å². The maximum absolute atomic E-state index is 13.4. The highest BCUT2D eigenvalue weighted by molar-refractivity contribution is 7.88. The highest BCUT2D eigenvalue weighted by Gasteiger charge is 2.35. The normalized spacial score (nSPS) is 18.3. The number of fused-ring (bicyclic) bond motifs is 1. The molecule has 0 aliphatic heterocycles. The zero-order valence-electron chi connectivity index (χ0n) is 19.6. The van der Waals surface area contributed by atoms with Gasteiger partial charge in [-0.2, -0.15) is 0 Å². The topological polar surface area (TPSA) is 81.1 Å². The lowest BCUT2D eigenvalue weighted by molar-refractivity contribution is 0.413. The van der Waals surface area contributed by atoms with E-state index in [2.05, 4.69) is 47.0 Å². The predicted molar refractivity (Wildman–Crippen MR) is 132 cm³/mol. The third-order valence-electron chi connectivity index (χ3n) is 6.32. The molecule has 0 bridgehead atoms. The fourth-order valence-electron chi connectivity index (χ4n) is 4.77. The van der Waals surface area contributed by atoms with E-state index in [-0.39, 0.29) is 23.6 Å². The highest BCUT2D eigenvalue weighted by atomic mass is 32.2. The van der Waals surface area contributed by atoms with Crippen LogP contribution in [0.2, 0.25) is 0 Å². The van der Waals surface area contributed by atoms with Gasteiger partial charge in [-0.3, -0.25) is 9.36 Å². The van der Waals surface area contributed by atoms with Crippen LogP contribution in [-0.2, 0) is 22.9 Å². The third kappa shape index (κ3) is 5.25. The van der Waals surface area contributed by atoms with Crippen LogP contribution in [0.4, 0.5) is 0 Å². The molecule has 0 saturated heterocycles. The smallest absolute Gasteiger partial charge is 0.257 e. The Bertz CT molecular complexity index is 1330. The number of hydrogen-bond acceptors (Lipinski definition) is 4. The number of benzene rings is 2. The van der Waals surface area contributed by atoms with Gasteiger partial charge in [-0.1, -0.05) is 54.1 Å². The van der Waals surface area contributed by atoms with Crippen molar-refractivity contribution in [3.05, 3.63) is 87.6 Å². The molecule has 0 saturated carbocycles. The number of aromatic nitrogens is 2. The summed E-state index contributed by atoms with van der Waals surface area (Å²) in [5.74, 6) is -0.289. The second-order valence-electron chi connectivity index (χ2n) is 9.33. The first-order valence-electron chi connectivity index (χ1n) is 11.4. The van der Waals surface area contributed by atoms with E-state index in [1.165, 1.54) is 11.8 Å². The first-order valence-corrected chi connectivity index (χ1v) is 13.2. The fourth-order valence-corrected chi connectivity index (χ4v) is 5.60. The van der Waals surface area contributed by atoms with Gasteiger partial charge in [0, 0.05) is 23.6 Å². The molecule has 2 atom stereocenters. The molecule has 2 aromatic carbocycles. The van der Waals surface area contributed by atoms with E-state index in [0.717, 1.165) is 22.4 Å². The van der Waals surface area contributed by atoms with E-state index in [1.54, 1.807) is 10.9 Å². The van der Waals surface area contributed by atoms with Gasteiger partial charge in [0.15, 0.2) is 0 Å². The first-order chi connectivity index (χ1) is 15.6. The SMILES string of the molecule is Cc1cccc(-c2cccc(CC3c4c(ncn(C(C)C)c4=O)CCC3NS(C)(=O)=O)c2)c1. The van der Waals surface area contributed by atoms with E-state index >= 15 is 0 Å². The Morgan fingerprint density at radius 2 is 1.82 bits per heavy atom. The zero-order valence-corrected chi connectivity index (χ0v) is 20.4. The van der Waals surface area contributed by atoms with Gasteiger partial charge in [0.2, 0.25) is 10.0 Å². The number of aryl methyl sites for hydroxylation is 2. The molecule has 0 amide bonds. The van der Waals surface area contributed by atoms with Gasteiger partial charge >= 0.3 is 0 Å². The second kappa shape index (κ2) is 9.23. The molecule has 6 nitrogen and oxygen atoms in total. The van der Waals surface area contributed by atoms with Crippen LogP contribution >= 0.6 is 0 Å². The number of sulfonamides is 1. The van der Waals surface area contributed by atoms with Crippen LogP contribution in [0.3, 0.4) is 0 Å². The van der Waals surface area contributed by atoms with Crippen molar-refractivity contribution in [1.82, 2.24) is 14.3 Å². The molecule has 0 fully saturated rings. The third-order valence-corrected chi connectivity index (χ3v) is 7.05. The minimum absolute atomic E-state index is 0.0242. The molecule has 1 aliphatic rings. The molecular weight excluding hydrogens is 434 g/mol. The molecule has 1 aromatic heterocycles. The Morgan fingerprint density at radius 1 is 1.12 bits per heavy atom. The summed E-state index contributed by atoms with van der Waals surface area (Å²) in [5, 5.41) is 0. The summed E-state index contributed by atoms with van der Waals surface area (Å²) in [6.07, 6.45) is 4.54. The van der Waals surface area contributed by atoms with E-state index in [9.17, 15) is 13.2 Å². The monoisotopic (exact) mass is 465 g/mol. The quantitative estimate of drug-likeness (QED) is 0.597. The largest absolute Gasteiger partial charge is 0.296 e. The number of hydrogen-bond donors (Lipinski definition) is 1. The molecule has 1 N–H and O–H groups in total. The summed E-state index contributed by atoms with van der Waals surface area (Å²) in [6, 6.07) is 16.2. The second-order valence-corrected chi connectivity index (χ2v) is 11.1. The maximum Gasteiger partial charge on any atom is 0.257 e. The zero-order chi connectivity index (χ0) is 23.8. The van der Waals surface area contributed by atoms with Gasteiger partial charge in [0.25, 0.3) is 5.56 Å². The Morgan fingerprint density at radius 3 is 2.48 bits per heavy atom. The summed E-state index contributed by atoms with van der Waals surface area (Å²) in [4.78, 5) is 18.0. The Labute approximate surface area is 195 Å². The van der Waals surface area contributed by atoms with Gasteiger partial charge in [-0.15, -0.1) is 0 Å². The van der Waals surface area contributed by atoms with Gasteiger partial charge in [0.1, 0.15) is 0 Å². The van der Waals surface area contributed by atoms with Crippen molar-refractivity contribution in [2.24, 2.45) is 0 Å². The lowest BCUT2D eigenvalue weighted by atomic mass is 9.78. The summed E-state index contributed by atoms with van der Waals surface area (Å²) >= 11 is 0. The molecule has 0 spiro atoms. The summed E-state index contributed by atoms with van der Waals surface area (Å²) in [7, 11) is -3.43. The summed E-state index contributed by atoms with van der Waals surface area (Å²) in [5.41, 5.74) is 5.84. The minimum Gasteiger partial charge on any atom is -0.296 e. The first kappa shape index (κ1) is 23.4. The maximum atomic E-state index is 13.4. The van der Waals surface area contributed by atoms with Crippen molar-refractivity contribution in [3.8, 4) is 11.1 Å². The number of rotatable bonds is 6. The van der Waals surface area contributed by atoms with Gasteiger partial charge in [0.05, 0.1) is 18.3 Å². The lowest BCUT2D eigenvalue weighted by Crippen LogP contribution is -2.45. The average molecular weight is 466 g/mol. The van der Waals surface area contributed by atoms with Crippen LogP contribution in [0, 0.1) is 6.92 Å². The van der Waals surface area contributed by atoms with Crippen LogP contribution < -0.4 is 10.3 Å². The molecule has 1 aliphatic carbocycles. The molecule has 33 heavy (non-hydrogen) atoms. The van der Waals surface area contributed by atoms with Crippen molar-refractivity contribution >= 4 is 10.0 Å².